The molecule has 0 saturated carbocycles. The molecule has 1 heterocycles. The summed E-state index contributed by atoms with van der Waals surface area (Å²) in [5.74, 6) is 0. The highest BCUT2D eigenvalue weighted by Gasteiger charge is 2.38. The highest BCUT2D eigenvalue weighted by molar-refractivity contribution is 7.89. The summed E-state index contributed by atoms with van der Waals surface area (Å²) in [6, 6.07) is 14.9. The van der Waals surface area contributed by atoms with Gasteiger partial charge in [-0.25, -0.2) is 8.42 Å². The minimum atomic E-state index is -3.58. The van der Waals surface area contributed by atoms with Crippen LogP contribution in [0, 0.1) is 6.92 Å². The third-order valence-electron chi connectivity index (χ3n) is 5.29. The summed E-state index contributed by atoms with van der Waals surface area (Å²) >= 11 is 5.47. The van der Waals surface area contributed by atoms with E-state index in [0.717, 1.165) is 24.8 Å². The molecule has 0 spiro atoms. The van der Waals surface area contributed by atoms with Crippen molar-refractivity contribution in [3.63, 3.8) is 0 Å². The number of benzene rings is 2. The lowest BCUT2D eigenvalue weighted by molar-refractivity contribution is 0.285. The van der Waals surface area contributed by atoms with E-state index < -0.39 is 10.0 Å². The van der Waals surface area contributed by atoms with Crippen LogP contribution in [-0.4, -0.2) is 37.0 Å². The van der Waals surface area contributed by atoms with Gasteiger partial charge in [0.15, 0.2) is 5.05 Å². The van der Waals surface area contributed by atoms with E-state index in [2.05, 4.69) is 19.1 Å². The molecule has 4 nitrogen and oxygen atoms in total. The van der Waals surface area contributed by atoms with E-state index in [9.17, 15) is 8.42 Å². The summed E-state index contributed by atoms with van der Waals surface area (Å²) in [4.78, 5) is 0.319. The van der Waals surface area contributed by atoms with Gasteiger partial charge >= 0.3 is 0 Å². The Kier molecular flexibility index (Phi) is 6.86. The monoisotopic (exact) mass is 417 g/mol. The summed E-state index contributed by atoms with van der Waals surface area (Å²) in [6.45, 7) is 5.05. The smallest absolute Gasteiger partial charge is 0.243 e. The van der Waals surface area contributed by atoms with Gasteiger partial charge in [-0.2, -0.15) is 4.31 Å². The molecule has 0 N–H and O–H groups in total. The first-order valence-corrected chi connectivity index (χ1v) is 11.6. The SMILES string of the molecule is CCc1ccc(S(=O)(=O)N2CCC[C@H]2C(=S)OCCc2ccccc2C)cc1. The van der Waals surface area contributed by atoms with Crippen LogP contribution in [0.3, 0.4) is 0 Å². The van der Waals surface area contributed by atoms with Crippen molar-refractivity contribution in [1.82, 2.24) is 4.31 Å². The summed E-state index contributed by atoms with van der Waals surface area (Å²) in [5.41, 5.74) is 3.56. The van der Waals surface area contributed by atoms with Crippen molar-refractivity contribution in [1.29, 1.82) is 0 Å². The number of thiocarbonyl (C=S) groups is 1. The Balaban J connectivity index is 1.65. The van der Waals surface area contributed by atoms with E-state index in [0.29, 0.717) is 29.5 Å². The molecule has 0 aliphatic carbocycles. The van der Waals surface area contributed by atoms with Crippen LogP contribution < -0.4 is 0 Å². The first-order chi connectivity index (χ1) is 13.4. The summed E-state index contributed by atoms with van der Waals surface area (Å²) in [7, 11) is -3.58. The number of ether oxygens (including phenoxy) is 1. The maximum atomic E-state index is 13.1. The highest BCUT2D eigenvalue weighted by atomic mass is 32.2. The zero-order valence-corrected chi connectivity index (χ0v) is 18.1. The van der Waals surface area contributed by atoms with E-state index in [1.165, 1.54) is 15.4 Å². The number of hydrogen-bond acceptors (Lipinski definition) is 4. The molecule has 0 amide bonds. The van der Waals surface area contributed by atoms with Crippen molar-refractivity contribution < 1.29 is 13.2 Å². The Morgan fingerprint density at radius 3 is 2.57 bits per heavy atom. The molecule has 0 bridgehead atoms. The molecule has 3 rings (SSSR count). The zero-order chi connectivity index (χ0) is 20.1. The van der Waals surface area contributed by atoms with E-state index >= 15 is 0 Å². The number of rotatable bonds is 7. The predicted molar refractivity (Wildman–Crippen MR) is 116 cm³/mol. The second-order valence-corrected chi connectivity index (χ2v) is 9.41. The minimum absolute atomic E-state index is 0.319. The van der Waals surface area contributed by atoms with E-state index in [1.54, 1.807) is 12.1 Å². The molecular weight excluding hydrogens is 390 g/mol. The second-order valence-electron chi connectivity index (χ2n) is 7.12. The molecule has 0 unspecified atom stereocenters. The maximum Gasteiger partial charge on any atom is 0.243 e. The van der Waals surface area contributed by atoms with Gasteiger partial charge in [0.25, 0.3) is 0 Å². The molecule has 1 fully saturated rings. The molecule has 6 heteroatoms. The first kappa shape index (κ1) is 21.0. The number of hydrogen-bond donors (Lipinski definition) is 0. The topological polar surface area (TPSA) is 46.6 Å². The first-order valence-electron chi connectivity index (χ1n) is 9.75. The van der Waals surface area contributed by atoms with Gasteiger partial charge in [-0.1, -0.05) is 43.3 Å². The summed E-state index contributed by atoms with van der Waals surface area (Å²) in [6.07, 6.45) is 3.13. The van der Waals surface area contributed by atoms with Crippen molar-refractivity contribution in [3.8, 4) is 0 Å². The van der Waals surface area contributed by atoms with Crippen LogP contribution in [0.4, 0.5) is 0 Å². The molecule has 1 aliphatic rings. The lowest BCUT2D eigenvalue weighted by atomic mass is 10.1. The Hall–Kier alpha value is -1.76. The van der Waals surface area contributed by atoms with E-state index in [-0.39, 0.29) is 6.04 Å². The van der Waals surface area contributed by atoms with Gasteiger partial charge < -0.3 is 4.74 Å². The van der Waals surface area contributed by atoms with Gasteiger partial charge in [-0.05, 0) is 67.2 Å². The summed E-state index contributed by atoms with van der Waals surface area (Å²) in [5, 5.41) is 0.375. The third kappa shape index (κ3) is 4.62. The van der Waals surface area contributed by atoms with Crippen LogP contribution in [0.1, 0.15) is 36.5 Å². The number of nitrogens with zero attached hydrogens (tertiary/aromatic N) is 1. The zero-order valence-electron chi connectivity index (χ0n) is 16.4. The number of sulfonamides is 1. The molecule has 2 aromatic rings. The Morgan fingerprint density at radius 2 is 1.89 bits per heavy atom. The van der Waals surface area contributed by atoms with E-state index in [4.69, 9.17) is 17.0 Å². The largest absolute Gasteiger partial charge is 0.485 e. The average Bonchev–Trinajstić information content (AvgIpc) is 3.20. The lowest BCUT2D eigenvalue weighted by Crippen LogP contribution is -2.40. The van der Waals surface area contributed by atoms with Crippen molar-refractivity contribution in [3.05, 3.63) is 65.2 Å². The van der Waals surface area contributed by atoms with Crippen molar-refractivity contribution in [2.75, 3.05) is 13.2 Å². The predicted octanol–water partition coefficient (Wildman–Crippen LogP) is 4.30. The van der Waals surface area contributed by atoms with Gasteiger partial charge in [-0.15, -0.1) is 0 Å². The van der Waals surface area contributed by atoms with Crippen LogP contribution >= 0.6 is 12.2 Å². The van der Waals surface area contributed by atoms with E-state index in [1.807, 2.05) is 31.2 Å². The quantitative estimate of drug-likeness (QED) is 0.630. The minimum Gasteiger partial charge on any atom is -0.485 e. The molecular formula is C22H27NO3S2. The van der Waals surface area contributed by atoms with Crippen molar-refractivity contribution in [2.45, 2.75) is 50.5 Å². The van der Waals surface area contributed by atoms with Crippen LogP contribution in [0.15, 0.2) is 53.4 Å². The maximum absolute atomic E-state index is 13.1. The Morgan fingerprint density at radius 1 is 1.18 bits per heavy atom. The van der Waals surface area contributed by atoms with Crippen molar-refractivity contribution >= 4 is 27.3 Å². The van der Waals surface area contributed by atoms with Gasteiger partial charge in [0.1, 0.15) is 0 Å². The fourth-order valence-electron chi connectivity index (χ4n) is 3.54. The fraction of sp³-hybridized carbons (Fsp3) is 0.409. The van der Waals surface area contributed by atoms with Crippen molar-refractivity contribution in [2.24, 2.45) is 0 Å². The van der Waals surface area contributed by atoms with Gasteiger partial charge in [0, 0.05) is 13.0 Å². The molecule has 28 heavy (non-hydrogen) atoms. The van der Waals surface area contributed by atoms with Gasteiger partial charge in [-0.3, -0.25) is 0 Å². The van der Waals surface area contributed by atoms with Crippen LogP contribution in [-0.2, 0) is 27.6 Å². The summed E-state index contributed by atoms with van der Waals surface area (Å²) < 4.78 is 33.5. The second kappa shape index (κ2) is 9.16. The third-order valence-corrected chi connectivity index (χ3v) is 7.60. The molecule has 2 aromatic carbocycles. The Labute approximate surface area is 173 Å². The van der Waals surface area contributed by atoms with Gasteiger partial charge in [0.2, 0.25) is 10.0 Å². The number of aryl methyl sites for hydroxylation is 2. The highest BCUT2D eigenvalue weighted by Crippen LogP contribution is 2.27. The van der Waals surface area contributed by atoms with Crippen LogP contribution in [0.5, 0.6) is 0 Å². The Bertz CT molecular complexity index is 923. The molecule has 1 aliphatic heterocycles. The molecule has 1 saturated heterocycles. The molecule has 0 aromatic heterocycles. The lowest BCUT2D eigenvalue weighted by Gasteiger charge is -2.24. The molecule has 150 valence electrons. The average molecular weight is 418 g/mol. The van der Waals surface area contributed by atoms with Crippen LogP contribution in [0.25, 0.3) is 0 Å². The molecule has 0 radical (unpaired) electrons. The van der Waals surface area contributed by atoms with Crippen LogP contribution in [0.2, 0.25) is 0 Å². The standard InChI is InChI=1S/C22H27NO3S2/c1-3-18-10-12-20(13-11-18)28(24,25)23-15-6-9-21(23)22(27)26-16-14-19-8-5-4-7-17(19)2/h4-5,7-8,10-13,21H,3,6,9,14-16H2,1-2H3/t21-/m0/s1. The molecule has 1 atom stereocenters. The fourth-order valence-corrected chi connectivity index (χ4v) is 5.60. The normalized spacial score (nSPS) is 17.6. The van der Waals surface area contributed by atoms with Gasteiger partial charge in [0.05, 0.1) is 17.5 Å².